The summed E-state index contributed by atoms with van der Waals surface area (Å²) in [5.41, 5.74) is 7.55. The Balaban J connectivity index is 1.64. The number of nitrogen functional groups attached to an aromatic ring is 1. The minimum absolute atomic E-state index is 0.104. The number of nitrogens with two attached hydrogens (primary N) is 1. The topological polar surface area (TPSA) is 109 Å². The molecule has 4 N–H and O–H groups in total. The minimum Gasteiger partial charge on any atom is -0.368 e. The molecule has 1 aromatic heterocycles. The fraction of sp³-hybridized carbons (Fsp3) is 0.273. The van der Waals surface area contributed by atoms with Gasteiger partial charge < -0.3 is 16.4 Å². The first-order chi connectivity index (χ1) is 14.9. The lowest BCUT2D eigenvalue weighted by molar-refractivity contribution is -0.122. The van der Waals surface area contributed by atoms with Crippen molar-refractivity contribution in [3.63, 3.8) is 0 Å². The molecule has 0 spiro atoms. The number of amides is 1. The molecular weight excluding hydrogens is 397 g/mol. The molecular formula is C22H26FN7O. The lowest BCUT2D eigenvalue weighted by Crippen LogP contribution is -2.38. The van der Waals surface area contributed by atoms with E-state index in [0.717, 1.165) is 11.3 Å². The van der Waals surface area contributed by atoms with Crippen molar-refractivity contribution in [2.45, 2.75) is 26.4 Å². The smallest absolute Gasteiger partial charge is 0.234 e. The highest BCUT2D eigenvalue weighted by Gasteiger charge is 2.21. The Labute approximate surface area is 180 Å². The Bertz CT molecular complexity index is 999. The van der Waals surface area contributed by atoms with Gasteiger partial charge in [0.1, 0.15) is 5.82 Å². The molecule has 0 aliphatic rings. The van der Waals surface area contributed by atoms with Gasteiger partial charge in [-0.3, -0.25) is 9.69 Å². The van der Waals surface area contributed by atoms with E-state index in [-0.39, 0.29) is 30.3 Å². The first kappa shape index (κ1) is 22.1. The number of hydrogen-bond donors (Lipinski definition) is 3. The molecule has 0 aliphatic heterocycles. The average Bonchev–Trinajstić information content (AvgIpc) is 2.77. The van der Waals surface area contributed by atoms with Gasteiger partial charge in [-0.1, -0.05) is 37.3 Å². The number of nitrogens with one attached hydrogen (secondary N) is 2. The van der Waals surface area contributed by atoms with Gasteiger partial charge in [0.15, 0.2) is 5.82 Å². The molecule has 0 saturated carbocycles. The standard InChI is InChI=1S/C22H26FN7O/c1-3-30(14-19(31)25-13-16-9-11-17(23)12-10-16)15(2)20-27-21(24)29-22(28-20)26-18-7-5-4-6-8-18/h4-12,15H,3,13-14H2,1-2H3,(H,25,31)(H3,24,26,27,28,29). The summed E-state index contributed by atoms with van der Waals surface area (Å²) >= 11 is 0. The van der Waals surface area contributed by atoms with Crippen LogP contribution in [0.25, 0.3) is 0 Å². The maximum Gasteiger partial charge on any atom is 0.234 e. The molecule has 1 unspecified atom stereocenters. The summed E-state index contributed by atoms with van der Waals surface area (Å²) in [5, 5.41) is 5.97. The summed E-state index contributed by atoms with van der Waals surface area (Å²) in [5.74, 6) is 0.463. The second kappa shape index (κ2) is 10.4. The molecule has 1 heterocycles. The minimum atomic E-state index is -0.307. The van der Waals surface area contributed by atoms with Gasteiger partial charge in [0.05, 0.1) is 12.6 Å². The van der Waals surface area contributed by atoms with E-state index in [2.05, 4.69) is 25.6 Å². The van der Waals surface area contributed by atoms with Gasteiger partial charge in [0, 0.05) is 12.2 Å². The molecule has 3 aromatic rings. The number of halogens is 1. The van der Waals surface area contributed by atoms with Crippen LogP contribution in [0.5, 0.6) is 0 Å². The summed E-state index contributed by atoms with van der Waals surface area (Å²) in [7, 11) is 0. The predicted molar refractivity (Wildman–Crippen MR) is 118 cm³/mol. The van der Waals surface area contributed by atoms with Crippen LogP contribution in [0.4, 0.5) is 22.0 Å². The van der Waals surface area contributed by atoms with E-state index in [9.17, 15) is 9.18 Å². The molecule has 3 rings (SSSR count). The van der Waals surface area contributed by atoms with Crippen LogP contribution in [0.2, 0.25) is 0 Å². The van der Waals surface area contributed by atoms with Crippen LogP contribution in [-0.2, 0) is 11.3 Å². The summed E-state index contributed by atoms with van der Waals surface area (Å²) in [4.78, 5) is 27.3. The third-order valence-electron chi connectivity index (χ3n) is 4.78. The number of carbonyl (C=O) groups excluding carboxylic acids is 1. The Morgan fingerprint density at radius 1 is 1.10 bits per heavy atom. The summed E-state index contributed by atoms with van der Waals surface area (Å²) in [6, 6.07) is 15.3. The van der Waals surface area contributed by atoms with Crippen molar-refractivity contribution in [2.75, 3.05) is 24.1 Å². The van der Waals surface area contributed by atoms with Crippen molar-refractivity contribution in [3.8, 4) is 0 Å². The van der Waals surface area contributed by atoms with Gasteiger partial charge in [0.25, 0.3) is 0 Å². The second-order valence-electron chi connectivity index (χ2n) is 7.01. The lowest BCUT2D eigenvalue weighted by atomic mass is 10.2. The number of anilines is 3. The van der Waals surface area contributed by atoms with E-state index < -0.39 is 0 Å². The van der Waals surface area contributed by atoms with E-state index >= 15 is 0 Å². The van der Waals surface area contributed by atoms with Crippen LogP contribution in [0.3, 0.4) is 0 Å². The number of para-hydroxylation sites is 1. The van der Waals surface area contributed by atoms with Crippen molar-refractivity contribution in [3.05, 3.63) is 71.8 Å². The Hall–Kier alpha value is -3.59. The van der Waals surface area contributed by atoms with Gasteiger partial charge in [-0.2, -0.15) is 15.0 Å². The molecule has 8 nitrogen and oxygen atoms in total. The van der Waals surface area contributed by atoms with Gasteiger partial charge in [-0.25, -0.2) is 4.39 Å². The number of carbonyl (C=O) groups is 1. The molecule has 0 radical (unpaired) electrons. The Kier molecular flexibility index (Phi) is 7.45. The van der Waals surface area contributed by atoms with Crippen LogP contribution in [0, 0.1) is 5.82 Å². The van der Waals surface area contributed by atoms with Crippen molar-refractivity contribution < 1.29 is 9.18 Å². The highest BCUT2D eigenvalue weighted by Crippen LogP contribution is 2.19. The number of benzene rings is 2. The molecule has 9 heteroatoms. The molecule has 0 bridgehead atoms. The molecule has 31 heavy (non-hydrogen) atoms. The van der Waals surface area contributed by atoms with Crippen molar-refractivity contribution >= 4 is 23.5 Å². The zero-order valence-corrected chi connectivity index (χ0v) is 17.5. The quantitative estimate of drug-likeness (QED) is 0.485. The largest absolute Gasteiger partial charge is 0.368 e. The maximum absolute atomic E-state index is 13.0. The lowest BCUT2D eigenvalue weighted by Gasteiger charge is -2.26. The van der Waals surface area contributed by atoms with Gasteiger partial charge in [-0.15, -0.1) is 0 Å². The zero-order chi connectivity index (χ0) is 22.2. The van der Waals surface area contributed by atoms with Crippen LogP contribution in [0.15, 0.2) is 54.6 Å². The van der Waals surface area contributed by atoms with Crippen LogP contribution in [0.1, 0.15) is 31.3 Å². The molecule has 2 aromatic carbocycles. The van der Waals surface area contributed by atoms with E-state index in [1.807, 2.05) is 49.1 Å². The zero-order valence-electron chi connectivity index (χ0n) is 17.5. The van der Waals surface area contributed by atoms with E-state index in [0.29, 0.717) is 24.9 Å². The number of hydrogen-bond acceptors (Lipinski definition) is 7. The monoisotopic (exact) mass is 423 g/mol. The third-order valence-corrected chi connectivity index (χ3v) is 4.78. The van der Waals surface area contributed by atoms with Crippen molar-refractivity contribution in [2.24, 2.45) is 0 Å². The predicted octanol–water partition coefficient (Wildman–Crippen LogP) is 3.04. The highest BCUT2D eigenvalue weighted by atomic mass is 19.1. The Morgan fingerprint density at radius 3 is 2.48 bits per heavy atom. The second-order valence-corrected chi connectivity index (χ2v) is 7.01. The maximum atomic E-state index is 13.0. The normalized spacial score (nSPS) is 11.9. The van der Waals surface area contributed by atoms with E-state index in [4.69, 9.17) is 5.73 Å². The fourth-order valence-electron chi connectivity index (χ4n) is 3.03. The number of nitrogens with zero attached hydrogens (tertiary/aromatic N) is 4. The van der Waals surface area contributed by atoms with Crippen molar-refractivity contribution in [1.29, 1.82) is 0 Å². The summed E-state index contributed by atoms with van der Waals surface area (Å²) in [6.07, 6.45) is 0. The number of aromatic nitrogens is 3. The van der Waals surface area contributed by atoms with Gasteiger partial charge in [-0.05, 0) is 43.3 Å². The molecule has 1 atom stereocenters. The van der Waals surface area contributed by atoms with E-state index in [1.54, 1.807) is 12.1 Å². The number of likely N-dealkylation sites (N-methyl/N-ethyl adjacent to an activating group) is 1. The SMILES string of the molecule is CCN(CC(=O)NCc1ccc(F)cc1)C(C)c1nc(N)nc(Nc2ccccc2)n1. The fourth-order valence-corrected chi connectivity index (χ4v) is 3.03. The van der Waals surface area contributed by atoms with Crippen molar-refractivity contribution in [1.82, 2.24) is 25.2 Å². The van der Waals surface area contributed by atoms with Crippen LogP contribution < -0.4 is 16.4 Å². The third kappa shape index (κ3) is 6.45. The average molecular weight is 423 g/mol. The number of rotatable bonds is 9. The molecule has 162 valence electrons. The molecule has 0 fully saturated rings. The summed E-state index contributed by atoms with van der Waals surface area (Å²) in [6.45, 7) is 4.97. The Morgan fingerprint density at radius 2 is 1.81 bits per heavy atom. The molecule has 0 saturated heterocycles. The van der Waals surface area contributed by atoms with E-state index in [1.165, 1.54) is 12.1 Å². The first-order valence-electron chi connectivity index (χ1n) is 10.0. The van der Waals surface area contributed by atoms with Crippen LogP contribution >= 0.6 is 0 Å². The molecule has 1 amide bonds. The summed E-state index contributed by atoms with van der Waals surface area (Å²) < 4.78 is 13.0. The molecule has 0 aliphatic carbocycles. The highest BCUT2D eigenvalue weighted by molar-refractivity contribution is 5.78. The van der Waals surface area contributed by atoms with Crippen LogP contribution in [-0.4, -0.2) is 38.8 Å². The van der Waals surface area contributed by atoms with Gasteiger partial charge in [0.2, 0.25) is 17.8 Å². The van der Waals surface area contributed by atoms with Gasteiger partial charge >= 0.3 is 0 Å². The first-order valence-corrected chi connectivity index (χ1v) is 10.0.